The maximum Gasteiger partial charge on any atom is 0.332 e. The molecule has 140 valence electrons. The average Bonchev–Trinajstić information content (AvgIpc) is 2.71. The van der Waals surface area contributed by atoms with Gasteiger partial charge in [0.1, 0.15) is 0 Å². The molecule has 0 saturated heterocycles. The van der Waals surface area contributed by atoms with Crippen LogP contribution in [0.2, 0.25) is 0 Å². The van der Waals surface area contributed by atoms with Gasteiger partial charge >= 0.3 is 5.69 Å². The zero-order chi connectivity index (χ0) is 19.7. The minimum absolute atomic E-state index is 0.249. The van der Waals surface area contributed by atoms with Crippen LogP contribution in [0, 0.1) is 13.8 Å². The third-order valence-electron chi connectivity index (χ3n) is 5.14. The Morgan fingerprint density at radius 2 is 1.46 bits per heavy atom. The van der Waals surface area contributed by atoms with Gasteiger partial charge in [0.25, 0.3) is 5.56 Å². The van der Waals surface area contributed by atoms with Crippen LogP contribution >= 0.6 is 0 Å². The van der Waals surface area contributed by atoms with Crippen LogP contribution in [0.25, 0.3) is 10.9 Å². The van der Waals surface area contributed by atoms with Gasteiger partial charge in [-0.25, -0.2) is 4.79 Å². The number of rotatable bonds is 4. The molecule has 0 unspecified atom stereocenters. The minimum atomic E-state index is -0.285. The van der Waals surface area contributed by atoms with Crippen molar-refractivity contribution >= 4 is 10.9 Å². The summed E-state index contributed by atoms with van der Waals surface area (Å²) in [7, 11) is 0. The fourth-order valence-corrected chi connectivity index (χ4v) is 3.62. The molecule has 4 nitrogen and oxygen atoms in total. The van der Waals surface area contributed by atoms with E-state index in [-0.39, 0.29) is 17.8 Å². The Kier molecular flexibility index (Phi) is 4.70. The number of hydrogen-bond donors (Lipinski definition) is 0. The lowest BCUT2D eigenvalue weighted by Crippen LogP contribution is -2.40. The summed E-state index contributed by atoms with van der Waals surface area (Å²) in [5.74, 6) is 0. The Morgan fingerprint density at radius 3 is 2.21 bits per heavy atom. The van der Waals surface area contributed by atoms with Gasteiger partial charge in [-0.3, -0.25) is 13.9 Å². The van der Waals surface area contributed by atoms with E-state index in [9.17, 15) is 9.59 Å². The SMILES string of the molecule is Cc1ccc(Cn2c(=O)n(Cc3ccccc3)c(=O)c3ccccc32)c(C)c1. The van der Waals surface area contributed by atoms with Gasteiger partial charge in [0.15, 0.2) is 0 Å². The summed E-state index contributed by atoms with van der Waals surface area (Å²) < 4.78 is 3.04. The molecule has 0 saturated carbocycles. The molecule has 0 amide bonds. The van der Waals surface area contributed by atoms with Crippen LogP contribution in [-0.4, -0.2) is 9.13 Å². The highest BCUT2D eigenvalue weighted by molar-refractivity contribution is 5.78. The van der Waals surface area contributed by atoms with Crippen molar-refractivity contribution in [2.45, 2.75) is 26.9 Å². The third kappa shape index (κ3) is 3.29. The lowest BCUT2D eigenvalue weighted by Gasteiger charge is -2.15. The lowest BCUT2D eigenvalue weighted by atomic mass is 10.1. The highest BCUT2D eigenvalue weighted by Gasteiger charge is 2.14. The summed E-state index contributed by atoms with van der Waals surface area (Å²) in [5.41, 5.74) is 4.46. The van der Waals surface area contributed by atoms with Crippen LogP contribution in [0.4, 0.5) is 0 Å². The van der Waals surface area contributed by atoms with Gasteiger partial charge in [-0.1, -0.05) is 66.2 Å². The molecule has 28 heavy (non-hydrogen) atoms. The van der Waals surface area contributed by atoms with Gasteiger partial charge in [-0.2, -0.15) is 0 Å². The molecule has 0 aliphatic rings. The Hall–Kier alpha value is -3.40. The average molecular weight is 370 g/mol. The highest BCUT2D eigenvalue weighted by atomic mass is 16.2. The molecule has 0 bridgehead atoms. The normalized spacial score (nSPS) is 11.1. The van der Waals surface area contributed by atoms with E-state index in [4.69, 9.17) is 0 Å². The van der Waals surface area contributed by atoms with E-state index in [0.717, 1.165) is 16.7 Å². The maximum absolute atomic E-state index is 13.3. The van der Waals surface area contributed by atoms with Crippen molar-refractivity contribution < 1.29 is 0 Å². The smallest absolute Gasteiger partial charge is 0.289 e. The van der Waals surface area contributed by atoms with E-state index in [1.54, 1.807) is 10.6 Å². The number of para-hydroxylation sites is 1. The zero-order valence-electron chi connectivity index (χ0n) is 16.1. The first-order valence-corrected chi connectivity index (χ1v) is 9.37. The molecule has 0 aliphatic carbocycles. The molecule has 1 aromatic heterocycles. The molecular formula is C24H22N2O2. The van der Waals surface area contributed by atoms with Crippen molar-refractivity contribution in [2.75, 3.05) is 0 Å². The number of nitrogens with zero attached hydrogens (tertiary/aromatic N) is 2. The van der Waals surface area contributed by atoms with E-state index in [0.29, 0.717) is 17.4 Å². The monoisotopic (exact) mass is 370 g/mol. The van der Waals surface area contributed by atoms with E-state index >= 15 is 0 Å². The van der Waals surface area contributed by atoms with Crippen LogP contribution < -0.4 is 11.2 Å². The van der Waals surface area contributed by atoms with E-state index < -0.39 is 0 Å². The topological polar surface area (TPSA) is 44.0 Å². The fourth-order valence-electron chi connectivity index (χ4n) is 3.62. The third-order valence-corrected chi connectivity index (χ3v) is 5.14. The number of hydrogen-bond acceptors (Lipinski definition) is 2. The Labute approximate surface area is 163 Å². The highest BCUT2D eigenvalue weighted by Crippen LogP contribution is 2.15. The second kappa shape index (κ2) is 7.31. The van der Waals surface area contributed by atoms with Gasteiger partial charge in [-0.05, 0) is 42.7 Å². The van der Waals surface area contributed by atoms with Crippen LogP contribution in [0.5, 0.6) is 0 Å². The zero-order valence-corrected chi connectivity index (χ0v) is 16.1. The summed E-state index contributed by atoms with van der Waals surface area (Å²) in [6.45, 7) is 4.80. The predicted molar refractivity (Wildman–Crippen MR) is 113 cm³/mol. The lowest BCUT2D eigenvalue weighted by molar-refractivity contribution is 0.634. The molecule has 4 heteroatoms. The molecule has 0 N–H and O–H groups in total. The second-order valence-corrected chi connectivity index (χ2v) is 7.19. The molecule has 0 radical (unpaired) electrons. The van der Waals surface area contributed by atoms with Crippen LogP contribution in [0.1, 0.15) is 22.3 Å². The molecular weight excluding hydrogens is 348 g/mol. The van der Waals surface area contributed by atoms with E-state index in [2.05, 4.69) is 32.0 Å². The molecule has 4 rings (SSSR count). The van der Waals surface area contributed by atoms with E-state index in [1.807, 2.05) is 48.5 Å². The number of aryl methyl sites for hydroxylation is 2. The van der Waals surface area contributed by atoms with Crippen LogP contribution in [-0.2, 0) is 13.1 Å². The number of fused-ring (bicyclic) bond motifs is 1. The van der Waals surface area contributed by atoms with Crippen molar-refractivity contribution in [3.05, 3.63) is 116 Å². The van der Waals surface area contributed by atoms with E-state index in [1.165, 1.54) is 10.1 Å². The van der Waals surface area contributed by atoms with Gasteiger partial charge in [0.05, 0.1) is 24.0 Å². The van der Waals surface area contributed by atoms with Crippen molar-refractivity contribution in [2.24, 2.45) is 0 Å². The summed E-state index contributed by atoms with van der Waals surface area (Å²) >= 11 is 0. The molecule has 0 fully saturated rings. The van der Waals surface area contributed by atoms with Crippen molar-refractivity contribution in [3.8, 4) is 0 Å². The van der Waals surface area contributed by atoms with Gasteiger partial charge in [0.2, 0.25) is 0 Å². The van der Waals surface area contributed by atoms with Crippen molar-refractivity contribution in [1.29, 1.82) is 0 Å². The van der Waals surface area contributed by atoms with Gasteiger partial charge < -0.3 is 0 Å². The fraction of sp³-hybridized carbons (Fsp3) is 0.167. The Bertz CT molecular complexity index is 1270. The van der Waals surface area contributed by atoms with Crippen LogP contribution in [0.15, 0.2) is 82.4 Å². The first-order chi connectivity index (χ1) is 13.5. The molecule has 1 heterocycles. The summed E-state index contributed by atoms with van der Waals surface area (Å²) in [5, 5.41) is 0.558. The quantitative estimate of drug-likeness (QED) is 0.547. The Balaban J connectivity index is 1.92. The minimum Gasteiger partial charge on any atom is -0.289 e. The molecule has 0 spiro atoms. The molecule has 0 aliphatic heterocycles. The largest absolute Gasteiger partial charge is 0.332 e. The second-order valence-electron chi connectivity index (χ2n) is 7.19. The predicted octanol–water partition coefficient (Wildman–Crippen LogP) is 3.88. The molecule has 3 aromatic carbocycles. The van der Waals surface area contributed by atoms with Gasteiger partial charge in [-0.15, -0.1) is 0 Å². The first-order valence-electron chi connectivity index (χ1n) is 9.37. The molecule has 4 aromatic rings. The van der Waals surface area contributed by atoms with Crippen molar-refractivity contribution in [1.82, 2.24) is 9.13 Å². The summed E-state index contributed by atoms with van der Waals surface area (Å²) in [4.78, 5) is 26.3. The molecule has 0 atom stereocenters. The Morgan fingerprint density at radius 1 is 0.750 bits per heavy atom. The first kappa shape index (κ1) is 18.0. The number of aromatic nitrogens is 2. The number of benzene rings is 3. The van der Waals surface area contributed by atoms with Crippen LogP contribution in [0.3, 0.4) is 0 Å². The maximum atomic E-state index is 13.3. The van der Waals surface area contributed by atoms with Gasteiger partial charge in [0, 0.05) is 0 Å². The van der Waals surface area contributed by atoms with Crippen molar-refractivity contribution in [3.63, 3.8) is 0 Å². The standard InChI is InChI=1S/C24H22N2O2/c1-17-12-13-20(18(2)14-17)16-25-22-11-7-6-10-21(22)23(27)26(24(25)28)15-19-8-4-3-5-9-19/h3-14H,15-16H2,1-2H3. The summed E-state index contributed by atoms with van der Waals surface area (Å²) in [6.07, 6.45) is 0. The summed E-state index contributed by atoms with van der Waals surface area (Å²) in [6, 6.07) is 23.1.